The monoisotopic (exact) mass is 393 g/mol. The summed E-state index contributed by atoms with van der Waals surface area (Å²) in [4.78, 5) is 21.3. The van der Waals surface area contributed by atoms with Crippen LogP contribution in [0, 0.1) is 6.92 Å². The molecule has 0 bridgehead atoms. The number of methoxy groups -OCH3 is 1. The molecule has 0 unspecified atom stereocenters. The van der Waals surface area contributed by atoms with Crippen molar-refractivity contribution in [2.45, 2.75) is 6.92 Å². The number of hydrogen-bond donors (Lipinski definition) is 1. The van der Waals surface area contributed by atoms with Crippen LogP contribution in [0.25, 0.3) is 22.7 Å². The van der Waals surface area contributed by atoms with E-state index >= 15 is 0 Å². The number of oxazole rings is 1. The van der Waals surface area contributed by atoms with Gasteiger partial charge in [-0.1, -0.05) is 17.7 Å². The maximum Gasteiger partial charge on any atom is 0.259 e. The molecule has 2 aromatic carbocycles. The SMILES string of the molecule is COc1ccc(Cl)cc1C(=O)Nc1ccc(C)c(-c2nc3ncccc3o2)c1. The van der Waals surface area contributed by atoms with Gasteiger partial charge in [-0.15, -0.1) is 0 Å². The van der Waals surface area contributed by atoms with Gasteiger partial charge in [0.1, 0.15) is 5.75 Å². The molecule has 0 saturated carbocycles. The van der Waals surface area contributed by atoms with Gasteiger partial charge in [-0.25, -0.2) is 4.98 Å². The Hall–Kier alpha value is -3.38. The van der Waals surface area contributed by atoms with Crippen molar-refractivity contribution in [2.75, 3.05) is 12.4 Å². The van der Waals surface area contributed by atoms with Crippen LogP contribution in [0.1, 0.15) is 15.9 Å². The second-order valence-corrected chi connectivity index (χ2v) is 6.61. The molecule has 0 aliphatic rings. The van der Waals surface area contributed by atoms with E-state index in [1.807, 2.05) is 31.2 Å². The number of carbonyl (C=O) groups is 1. The highest BCUT2D eigenvalue weighted by Gasteiger charge is 2.16. The van der Waals surface area contributed by atoms with Crippen molar-refractivity contribution in [1.29, 1.82) is 0 Å². The summed E-state index contributed by atoms with van der Waals surface area (Å²) in [6, 6.07) is 14.0. The molecule has 1 N–H and O–H groups in total. The number of hydrogen-bond acceptors (Lipinski definition) is 5. The Morgan fingerprint density at radius 1 is 1.18 bits per heavy atom. The molecule has 2 aromatic heterocycles. The van der Waals surface area contributed by atoms with Crippen LogP contribution in [-0.4, -0.2) is 23.0 Å². The smallest absolute Gasteiger partial charge is 0.259 e. The maximum atomic E-state index is 12.7. The third-order valence-corrected chi connectivity index (χ3v) is 4.53. The fourth-order valence-corrected chi connectivity index (χ4v) is 3.04. The number of anilines is 1. The van der Waals surface area contributed by atoms with Gasteiger partial charge < -0.3 is 14.5 Å². The molecule has 2 heterocycles. The number of aryl methyl sites for hydroxylation is 1. The lowest BCUT2D eigenvalue weighted by molar-refractivity contribution is 0.102. The molecule has 0 radical (unpaired) electrons. The third kappa shape index (κ3) is 3.42. The number of halogens is 1. The Bertz CT molecular complexity index is 1150. The molecule has 0 saturated heterocycles. The number of aromatic nitrogens is 2. The van der Waals surface area contributed by atoms with Crippen LogP contribution in [0.5, 0.6) is 5.75 Å². The van der Waals surface area contributed by atoms with Crippen molar-refractivity contribution in [3.63, 3.8) is 0 Å². The first kappa shape index (κ1) is 18.0. The predicted molar refractivity (Wildman–Crippen MR) is 108 cm³/mol. The zero-order valence-electron chi connectivity index (χ0n) is 15.2. The van der Waals surface area contributed by atoms with Crippen LogP contribution >= 0.6 is 11.6 Å². The first-order valence-corrected chi connectivity index (χ1v) is 8.90. The molecule has 0 atom stereocenters. The summed E-state index contributed by atoms with van der Waals surface area (Å²) in [5, 5.41) is 3.32. The highest BCUT2D eigenvalue weighted by atomic mass is 35.5. The second kappa shape index (κ2) is 7.32. The number of ether oxygens (including phenoxy) is 1. The minimum absolute atomic E-state index is 0.326. The van der Waals surface area contributed by atoms with Crippen molar-refractivity contribution in [3.8, 4) is 17.2 Å². The number of nitrogens with one attached hydrogen (secondary N) is 1. The molecule has 0 spiro atoms. The van der Waals surface area contributed by atoms with E-state index in [4.69, 9.17) is 20.8 Å². The van der Waals surface area contributed by atoms with E-state index in [0.717, 1.165) is 11.1 Å². The summed E-state index contributed by atoms with van der Waals surface area (Å²) in [5.74, 6) is 0.565. The van der Waals surface area contributed by atoms with Gasteiger partial charge in [-0.3, -0.25) is 4.79 Å². The van der Waals surface area contributed by atoms with Crippen molar-refractivity contribution in [1.82, 2.24) is 9.97 Å². The Labute approximate surface area is 166 Å². The fourth-order valence-electron chi connectivity index (χ4n) is 2.87. The summed E-state index contributed by atoms with van der Waals surface area (Å²) < 4.78 is 11.1. The lowest BCUT2D eigenvalue weighted by atomic mass is 10.1. The molecule has 1 amide bonds. The average Bonchev–Trinajstić information content (AvgIpc) is 3.13. The van der Waals surface area contributed by atoms with E-state index in [0.29, 0.717) is 39.1 Å². The standard InChI is InChI=1S/C21H16ClN3O3/c1-12-5-7-14(24-20(26)16-10-13(22)6-8-17(16)27-2)11-15(12)21-25-19-18(28-21)4-3-9-23-19/h3-11H,1-2H3,(H,24,26). The number of carbonyl (C=O) groups excluding carboxylic acids is 1. The van der Waals surface area contributed by atoms with Crippen molar-refractivity contribution in [2.24, 2.45) is 0 Å². The van der Waals surface area contributed by atoms with Crippen molar-refractivity contribution >= 4 is 34.4 Å². The Kier molecular flexibility index (Phi) is 4.71. The zero-order chi connectivity index (χ0) is 19.7. The minimum atomic E-state index is -0.326. The van der Waals surface area contributed by atoms with E-state index in [1.165, 1.54) is 7.11 Å². The summed E-state index contributed by atoms with van der Waals surface area (Å²) in [7, 11) is 1.51. The van der Waals surface area contributed by atoms with Gasteiger partial charge in [0.25, 0.3) is 5.91 Å². The average molecular weight is 394 g/mol. The van der Waals surface area contributed by atoms with Gasteiger partial charge in [0.05, 0.1) is 12.7 Å². The number of benzene rings is 2. The number of rotatable bonds is 4. The first-order valence-electron chi connectivity index (χ1n) is 8.52. The van der Waals surface area contributed by atoms with E-state index in [1.54, 1.807) is 30.5 Å². The normalized spacial score (nSPS) is 10.8. The van der Waals surface area contributed by atoms with E-state index in [9.17, 15) is 4.79 Å². The van der Waals surface area contributed by atoms with Crippen LogP contribution in [0.4, 0.5) is 5.69 Å². The molecular weight excluding hydrogens is 378 g/mol. The Balaban J connectivity index is 1.67. The largest absolute Gasteiger partial charge is 0.496 e. The molecule has 0 fully saturated rings. The van der Waals surface area contributed by atoms with Gasteiger partial charge in [-0.05, 0) is 55.0 Å². The minimum Gasteiger partial charge on any atom is -0.496 e. The van der Waals surface area contributed by atoms with Gasteiger partial charge >= 0.3 is 0 Å². The summed E-state index contributed by atoms with van der Waals surface area (Å²) in [5.41, 5.74) is 3.83. The molecule has 0 aliphatic heterocycles. The summed E-state index contributed by atoms with van der Waals surface area (Å²) in [6.45, 7) is 1.95. The molecule has 0 aliphatic carbocycles. The lowest BCUT2D eigenvalue weighted by Gasteiger charge is -2.11. The van der Waals surface area contributed by atoms with Crippen molar-refractivity contribution < 1.29 is 13.9 Å². The van der Waals surface area contributed by atoms with Crippen LogP contribution < -0.4 is 10.1 Å². The van der Waals surface area contributed by atoms with Crippen LogP contribution in [0.15, 0.2) is 59.1 Å². The summed E-state index contributed by atoms with van der Waals surface area (Å²) >= 11 is 6.02. The molecule has 7 heteroatoms. The molecule has 4 rings (SSSR count). The number of amides is 1. The van der Waals surface area contributed by atoms with Crippen LogP contribution in [-0.2, 0) is 0 Å². The lowest BCUT2D eigenvalue weighted by Crippen LogP contribution is -2.13. The van der Waals surface area contributed by atoms with Gasteiger partial charge in [0.2, 0.25) is 5.89 Å². The third-order valence-electron chi connectivity index (χ3n) is 4.30. The quantitative estimate of drug-likeness (QED) is 0.521. The highest BCUT2D eigenvalue weighted by Crippen LogP contribution is 2.29. The number of nitrogens with zero attached hydrogens (tertiary/aromatic N) is 2. The van der Waals surface area contributed by atoms with Gasteiger partial charge in [-0.2, -0.15) is 4.98 Å². The molecule has 140 valence electrons. The van der Waals surface area contributed by atoms with Gasteiger partial charge in [0, 0.05) is 22.5 Å². The van der Waals surface area contributed by atoms with Crippen LogP contribution in [0.3, 0.4) is 0 Å². The topological polar surface area (TPSA) is 77.2 Å². The zero-order valence-corrected chi connectivity index (χ0v) is 15.9. The van der Waals surface area contributed by atoms with Crippen molar-refractivity contribution in [3.05, 3.63) is 70.9 Å². The maximum absolute atomic E-state index is 12.7. The molecule has 6 nitrogen and oxygen atoms in total. The first-order chi connectivity index (χ1) is 13.5. The molecule has 4 aromatic rings. The predicted octanol–water partition coefficient (Wildman–Crippen LogP) is 5.11. The molecule has 28 heavy (non-hydrogen) atoms. The second-order valence-electron chi connectivity index (χ2n) is 6.17. The van der Waals surface area contributed by atoms with Gasteiger partial charge in [0.15, 0.2) is 11.2 Å². The summed E-state index contributed by atoms with van der Waals surface area (Å²) in [6.07, 6.45) is 1.66. The number of fused-ring (bicyclic) bond motifs is 1. The van der Waals surface area contributed by atoms with E-state index < -0.39 is 0 Å². The van der Waals surface area contributed by atoms with Crippen LogP contribution in [0.2, 0.25) is 5.02 Å². The Morgan fingerprint density at radius 2 is 2.04 bits per heavy atom. The number of pyridine rings is 1. The molecular formula is C21H16ClN3O3. The Morgan fingerprint density at radius 3 is 2.82 bits per heavy atom. The highest BCUT2D eigenvalue weighted by molar-refractivity contribution is 6.31. The fraction of sp³-hybridized carbons (Fsp3) is 0.0952. The van der Waals surface area contributed by atoms with E-state index in [-0.39, 0.29) is 5.91 Å². The van der Waals surface area contributed by atoms with E-state index in [2.05, 4.69) is 15.3 Å².